The van der Waals surface area contributed by atoms with Gasteiger partial charge in [0.25, 0.3) is 0 Å². The van der Waals surface area contributed by atoms with Gasteiger partial charge in [-0.2, -0.15) is 0 Å². The van der Waals surface area contributed by atoms with Crippen LogP contribution in [0.2, 0.25) is 0 Å². The summed E-state index contributed by atoms with van der Waals surface area (Å²) in [4.78, 5) is 39.8. The molecule has 0 rings (SSSR count). The second-order valence-corrected chi connectivity index (χ2v) is 12.2. The largest absolute Gasteiger partial charge is 0.472 e. The molecule has 0 radical (unpaired) electrons. The number of carbonyl (C=O) groups excluding carboxylic acids is 2. The Morgan fingerprint density at radius 1 is 0.569 bits per heavy atom. The first-order valence-electron chi connectivity index (χ1n) is 54.1. The van der Waals surface area contributed by atoms with E-state index in [-0.39, 0.29) is 11.0 Å². The van der Waals surface area contributed by atoms with Gasteiger partial charge in [0.15, 0.2) is 6.10 Å². The molecule has 58 heavy (non-hydrogen) atoms. The van der Waals surface area contributed by atoms with Crippen LogP contribution in [0, 0.1) is 47.2 Å². The second-order valence-electron chi connectivity index (χ2n) is 10.7. The van der Waals surface area contributed by atoms with Gasteiger partial charge in [0.2, 0.25) is 0 Å². The molecule has 0 aromatic heterocycles. The van der Waals surface area contributed by atoms with Crippen LogP contribution in [0.25, 0.3) is 0 Å². The molecule has 0 aliphatic heterocycles. The number of carbonyl (C=O) groups is 2. The first-order valence-corrected chi connectivity index (χ1v) is 16.6. The molecule has 0 aliphatic rings. The first-order chi connectivity index (χ1) is 57.3. The monoisotopic (exact) mass is 925 g/mol. The number of esters is 2. The second kappa shape index (κ2) is 32.7. The standard InChI is InChI=1S/C48H96NO8P/c1-38(2)20-14-22-40(5)24-16-26-42(7)28-18-30-44(9)34-47(50)54-36-46(37-56-58(52,53)55-33-32-49(11,12)13)57-48(51)35-45(10)31-19-29-43(8)27-17-25-41(6)23-15-21-39(3)4/h38-46H,14-37H2,1-13H3/p+1/t40?,41?,42?,43?,44?,45?,46-/m1/s1/i1D3,2D3,3D3,4D3,5D3,6D3,7D3,8D3,9D3,10D3,14D2,15D2,16D2,17D2,18D2,19D2,20D2,21D2,22D2,23D2,24D2,25D2,26D2,27D2,28D2,29D2,30D2,31D2,34D2,35D2,38D,39D,40D,41D,42D,43D,44D,45D. The van der Waals surface area contributed by atoms with Gasteiger partial charge in [-0.3, -0.25) is 18.6 Å². The average molecular weight is 926 g/mol. The highest BCUT2D eigenvalue weighted by Crippen LogP contribution is 2.43. The van der Waals surface area contributed by atoms with E-state index < -0.39 is 289 Å². The third-order valence-electron chi connectivity index (χ3n) is 4.82. The Morgan fingerprint density at radius 2 is 0.948 bits per heavy atom. The molecule has 9 nitrogen and oxygen atoms in total. The van der Waals surface area contributed by atoms with Crippen LogP contribution in [0.15, 0.2) is 0 Å². The SMILES string of the molecule is [2H]C([2H])([2H])C([2H])(C([2H])([2H])[2H])C([2H])([2H])C([2H])([2H])C([2H])([2H])C([2H])(C([2H])([2H])[2H])C([2H])([2H])C([2H])([2H])C([2H])([2H])C([2H])(C([2H])([2H])[2H])C([2H])([2H])C([2H])([2H])C([2H])([2H])C([2H])(C([2H])([2H])[2H])C([2H])([2H])C(=O)OC[C@H](COP(=O)(O)OCC[N+](C)(C)C)OC(=O)C([2H])([2H])C([2H])(C([2H])([2H])[2H])C([2H])([2H])C([2H])([2H])C([2H])([2H])C([2H])(C([2H])([2H])[2H])C([2H])([2H])C([2H])([2H])C([2H])([2H])C([2H])(C([2H])([2H])[2H])C([2H])([2H])C([2H])([2H])C([2H])([2H])C([2H])(C([2H])([2H])[2H])C([2H])([2H])[2H]. The fraction of sp³-hybridized carbons (Fsp3) is 0.958. The van der Waals surface area contributed by atoms with Gasteiger partial charge < -0.3 is 18.9 Å². The molecular formula is C48H97NO8P+. The number of hydrogen-bond acceptors (Lipinski definition) is 7. The summed E-state index contributed by atoms with van der Waals surface area (Å²) in [6.07, 6.45) is -122. The van der Waals surface area contributed by atoms with E-state index in [0.717, 1.165) is 0 Å². The summed E-state index contributed by atoms with van der Waals surface area (Å²) in [5, 5.41) is 0. The van der Waals surface area contributed by atoms with Gasteiger partial charge in [0.1, 0.15) is 19.8 Å². The molecule has 0 aromatic carbocycles. The van der Waals surface area contributed by atoms with Crippen LogP contribution in [0.4, 0.5) is 0 Å². The third kappa shape index (κ3) is 36.8. The maximum absolute atomic E-state index is 14.7. The van der Waals surface area contributed by atoms with Gasteiger partial charge in [0.05, 0.1) is 27.7 Å². The molecule has 0 aliphatic carbocycles. The normalized spacial score (nSPS) is 47.7. The van der Waals surface area contributed by atoms with E-state index in [9.17, 15) is 19.0 Å². The van der Waals surface area contributed by atoms with Crippen LogP contribution >= 0.6 is 7.82 Å². The van der Waals surface area contributed by atoms with Crippen LogP contribution in [-0.2, 0) is 32.7 Å². The summed E-state index contributed by atoms with van der Waals surface area (Å²) in [7, 11) is -1.88. The van der Waals surface area contributed by atoms with Gasteiger partial charge in [-0.05, 0) is 47.2 Å². The van der Waals surface area contributed by atoms with Crippen molar-refractivity contribution >= 4 is 19.8 Å². The fourth-order valence-corrected chi connectivity index (χ4v) is 3.22. The van der Waals surface area contributed by atoms with E-state index in [0.29, 0.717) is 0 Å². The van der Waals surface area contributed by atoms with Gasteiger partial charge in [-0.15, -0.1) is 0 Å². The molecule has 0 bridgehead atoms. The van der Waals surface area contributed by atoms with Gasteiger partial charge in [0, 0.05) is 120 Å². The van der Waals surface area contributed by atoms with Crippen molar-refractivity contribution < 1.29 is 149 Å². The van der Waals surface area contributed by atoms with Crippen molar-refractivity contribution in [2.45, 2.75) is 202 Å². The predicted molar refractivity (Wildman–Crippen MR) is 242 cm³/mol. The van der Waals surface area contributed by atoms with Gasteiger partial charge >= 0.3 is 19.8 Å². The van der Waals surface area contributed by atoms with Crippen molar-refractivity contribution in [3.8, 4) is 0 Å². The van der Waals surface area contributed by atoms with Crippen molar-refractivity contribution in [1.29, 1.82) is 0 Å². The average Bonchev–Trinajstić information content (AvgIpc) is 0.658. The van der Waals surface area contributed by atoms with Gasteiger partial charge in [-0.25, -0.2) is 4.57 Å². The summed E-state index contributed by atoms with van der Waals surface area (Å²) in [6.45, 7) is -58.3. The number of rotatable bonds is 38. The molecule has 8 atom stereocenters. The van der Waals surface area contributed by atoms with Crippen LogP contribution in [0.1, 0.15) is 303 Å². The van der Waals surface area contributed by atoms with E-state index in [4.69, 9.17) is 111 Å². The van der Waals surface area contributed by atoms with E-state index in [1.165, 1.54) is 21.1 Å². The quantitative estimate of drug-likeness (QED) is 0.0371. The molecule has 0 spiro atoms. The highest BCUT2D eigenvalue weighted by molar-refractivity contribution is 7.47. The van der Waals surface area contributed by atoms with Gasteiger partial charge in [-0.1, -0.05) is 183 Å². The molecule has 10 heteroatoms. The van der Waals surface area contributed by atoms with Crippen molar-refractivity contribution in [2.75, 3.05) is 47.5 Å². The number of phosphoric acid groups is 1. The van der Waals surface area contributed by atoms with Crippen molar-refractivity contribution in [3.05, 3.63) is 0 Å². The Labute approximate surface area is 469 Å². The smallest absolute Gasteiger partial charge is 0.462 e. The minimum absolute atomic E-state index is 0.207. The van der Waals surface area contributed by atoms with E-state index in [1.54, 1.807) is 0 Å². The highest BCUT2D eigenvalue weighted by Gasteiger charge is 2.28. The molecule has 1 N–H and O–H groups in total. The first kappa shape index (κ1) is 9.96. The topological polar surface area (TPSA) is 108 Å². The number of ether oxygens (including phenoxy) is 2. The minimum atomic E-state index is -6.21. The molecule has 0 heterocycles. The molecular weight excluding hydrogens is 750 g/mol. The van der Waals surface area contributed by atoms with Crippen LogP contribution in [0.5, 0.6) is 0 Å². The van der Waals surface area contributed by atoms with Crippen molar-refractivity contribution in [1.82, 2.24) is 0 Å². The lowest BCUT2D eigenvalue weighted by molar-refractivity contribution is -0.870. The van der Waals surface area contributed by atoms with E-state index in [1.807, 2.05) is 0 Å². The Balaban J connectivity index is 9.68. The molecule has 346 valence electrons. The molecule has 0 aromatic rings. The van der Waals surface area contributed by atoms with Crippen LogP contribution in [0.3, 0.4) is 0 Å². The molecule has 0 fully saturated rings. The summed E-state index contributed by atoms with van der Waals surface area (Å²) >= 11 is 0. The lowest BCUT2D eigenvalue weighted by atomic mass is 9.91. The zero-order chi connectivity index (χ0) is 112. The Morgan fingerprint density at radius 3 is 1.33 bits per heavy atom. The zero-order valence-corrected chi connectivity index (χ0v) is 31.5. The minimum Gasteiger partial charge on any atom is -0.462 e. The zero-order valence-electron chi connectivity index (χ0n) is 109. The number of phosphoric ester groups is 1. The summed E-state index contributed by atoms with van der Waals surface area (Å²) in [5.41, 5.74) is 0. The Hall–Kier alpha value is -0.990. The Bertz CT molecular complexity index is 4260. The molecule has 0 saturated heterocycles. The number of likely N-dealkylation sites (N-methyl/N-ethyl adjacent to an activating group) is 1. The number of nitrogens with zero attached hydrogens (tertiary/aromatic N) is 1. The van der Waals surface area contributed by atoms with E-state index >= 15 is 0 Å². The summed E-state index contributed by atoms with van der Waals surface area (Å²) in [5.74, 6) is -53.5. The summed E-state index contributed by atoms with van der Waals surface area (Å²) in [6, 6.07) is 0. The number of quaternary nitrogens is 1. The maximum atomic E-state index is 14.7. The van der Waals surface area contributed by atoms with Crippen molar-refractivity contribution in [2.24, 2.45) is 47.2 Å². The number of hydrogen-bond donors (Lipinski definition) is 1. The van der Waals surface area contributed by atoms with E-state index in [2.05, 4.69) is 14.0 Å². The Kier molecular flexibility index (Phi) is 5.61. The fourth-order valence-electron chi connectivity index (χ4n) is 2.48. The summed E-state index contributed by atoms with van der Waals surface area (Å²) < 4.78 is 694. The molecule has 0 amide bonds. The van der Waals surface area contributed by atoms with Crippen LogP contribution < -0.4 is 0 Å². The van der Waals surface area contributed by atoms with Crippen LogP contribution in [-0.4, -0.2) is 74.9 Å². The predicted octanol–water partition coefficient (Wildman–Crippen LogP) is 13.2. The lowest BCUT2D eigenvalue weighted by Crippen LogP contribution is -2.37. The maximum Gasteiger partial charge on any atom is 0.472 e. The third-order valence-corrected chi connectivity index (χ3v) is 5.80. The molecule has 0 saturated carbocycles. The van der Waals surface area contributed by atoms with Crippen molar-refractivity contribution in [3.63, 3.8) is 0 Å². The molecule has 7 unspecified atom stereocenters. The highest BCUT2D eigenvalue weighted by atomic mass is 31.2. The lowest BCUT2D eigenvalue weighted by Gasteiger charge is -2.24.